The number of benzene rings is 2. The molecule has 0 aliphatic rings. The second-order valence-corrected chi connectivity index (χ2v) is 6.30. The van der Waals surface area contributed by atoms with E-state index in [0.717, 1.165) is 11.1 Å². The number of anilines is 1. The van der Waals surface area contributed by atoms with E-state index < -0.39 is 5.82 Å². The number of rotatable bonds is 3. The average Bonchev–Trinajstić information content (AvgIpc) is 2.50. The molecule has 5 heteroatoms. The van der Waals surface area contributed by atoms with Crippen LogP contribution in [0.2, 0.25) is 0 Å². The molecule has 3 rings (SSSR count). The summed E-state index contributed by atoms with van der Waals surface area (Å²) in [6.45, 7) is 5.53. The number of pyridine rings is 1. The lowest BCUT2D eigenvalue weighted by atomic mass is 10.1. The summed E-state index contributed by atoms with van der Waals surface area (Å²) in [4.78, 5) is 24.5. The number of halogens is 1. The van der Waals surface area contributed by atoms with E-state index in [9.17, 15) is 14.0 Å². The van der Waals surface area contributed by atoms with Gasteiger partial charge in [0.25, 0.3) is 0 Å². The number of nitrogens with one attached hydrogen (secondary N) is 1. The fraction of sp³-hybridized carbons (Fsp3) is 0.200. The average molecular weight is 338 g/mol. The van der Waals surface area contributed by atoms with Crippen LogP contribution in [0.25, 0.3) is 10.9 Å². The van der Waals surface area contributed by atoms with Crippen molar-refractivity contribution in [2.24, 2.45) is 0 Å². The molecule has 0 saturated carbocycles. The maximum Gasteiger partial charge on any atom is 0.244 e. The van der Waals surface area contributed by atoms with Gasteiger partial charge in [0.2, 0.25) is 5.91 Å². The highest BCUT2D eigenvalue weighted by molar-refractivity contribution is 5.92. The van der Waals surface area contributed by atoms with Crippen molar-refractivity contribution in [3.8, 4) is 0 Å². The Morgan fingerprint density at radius 1 is 1.08 bits per heavy atom. The summed E-state index contributed by atoms with van der Waals surface area (Å²) in [5, 5.41) is 3.11. The molecule has 0 atom stereocenters. The third-order valence-electron chi connectivity index (χ3n) is 4.10. The highest BCUT2D eigenvalue weighted by atomic mass is 19.1. The molecule has 1 aromatic heterocycles. The Hall–Kier alpha value is -2.95. The van der Waals surface area contributed by atoms with Crippen LogP contribution in [0, 0.1) is 26.6 Å². The summed E-state index contributed by atoms with van der Waals surface area (Å²) in [5.41, 5.74) is 3.24. The second kappa shape index (κ2) is 6.51. The molecule has 0 aliphatic carbocycles. The summed E-state index contributed by atoms with van der Waals surface area (Å²) in [6.07, 6.45) is 0. The van der Waals surface area contributed by atoms with Gasteiger partial charge in [0.05, 0.1) is 5.52 Å². The number of amides is 1. The van der Waals surface area contributed by atoms with Crippen LogP contribution in [0.3, 0.4) is 0 Å². The molecular weight excluding hydrogens is 319 g/mol. The van der Waals surface area contributed by atoms with Gasteiger partial charge in [0, 0.05) is 22.8 Å². The number of carbonyl (C=O) groups excluding carboxylic acids is 1. The second-order valence-electron chi connectivity index (χ2n) is 6.30. The van der Waals surface area contributed by atoms with Gasteiger partial charge in [-0.3, -0.25) is 9.59 Å². The summed E-state index contributed by atoms with van der Waals surface area (Å²) in [6, 6.07) is 11.5. The number of aryl methyl sites for hydroxylation is 3. The van der Waals surface area contributed by atoms with Crippen molar-refractivity contribution < 1.29 is 9.18 Å². The molecule has 0 fully saturated rings. The van der Waals surface area contributed by atoms with E-state index in [0.29, 0.717) is 11.4 Å². The predicted octanol–water partition coefficient (Wildman–Crippen LogP) is 3.70. The first kappa shape index (κ1) is 16.9. The Labute approximate surface area is 144 Å². The van der Waals surface area contributed by atoms with Gasteiger partial charge in [0.1, 0.15) is 12.4 Å². The number of fused-ring (bicyclic) bond motifs is 1. The Morgan fingerprint density at radius 3 is 2.44 bits per heavy atom. The lowest BCUT2D eigenvalue weighted by molar-refractivity contribution is -0.116. The van der Waals surface area contributed by atoms with Crippen LogP contribution in [-0.4, -0.2) is 10.5 Å². The molecular formula is C20H19FN2O2. The quantitative estimate of drug-likeness (QED) is 0.791. The largest absolute Gasteiger partial charge is 0.333 e. The van der Waals surface area contributed by atoms with E-state index in [1.165, 1.54) is 22.8 Å². The molecule has 1 N–H and O–H groups in total. The van der Waals surface area contributed by atoms with E-state index in [1.54, 1.807) is 13.0 Å². The Morgan fingerprint density at radius 2 is 1.76 bits per heavy atom. The zero-order valence-electron chi connectivity index (χ0n) is 14.4. The normalized spacial score (nSPS) is 10.9. The predicted molar refractivity (Wildman–Crippen MR) is 97.4 cm³/mol. The number of nitrogens with zero attached hydrogens (tertiary/aromatic N) is 1. The minimum Gasteiger partial charge on any atom is -0.333 e. The molecule has 0 spiro atoms. The van der Waals surface area contributed by atoms with Gasteiger partial charge in [-0.1, -0.05) is 12.1 Å². The van der Waals surface area contributed by atoms with E-state index in [4.69, 9.17) is 0 Å². The smallest absolute Gasteiger partial charge is 0.244 e. The van der Waals surface area contributed by atoms with Crippen LogP contribution in [0.1, 0.15) is 16.8 Å². The molecule has 0 saturated heterocycles. The molecule has 0 radical (unpaired) electrons. The van der Waals surface area contributed by atoms with E-state index in [1.807, 2.05) is 32.0 Å². The van der Waals surface area contributed by atoms with Gasteiger partial charge in [0.15, 0.2) is 5.43 Å². The number of hydrogen-bond donors (Lipinski definition) is 1. The number of para-hydroxylation sites is 1. The van der Waals surface area contributed by atoms with Gasteiger partial charge >= 0.3 is 0 Å². The number of carbonyl (C=O) groups is 1. The van der Waals surface area contributed by atoms with E-state index in [-0.39, 0.29) is 28.8 Å². The first-order valence-electron chi connectivity index (χ1n) is 8.02. The van der Waals surface area contributed by atoms with Crippen molar-refractivity contribution >= 4 is 22.5 Å². The molecule has 0 unspecified atom stereocenters. The van der Waals surface area contributed by atoms with Crippen LogP contribution in [-0.2, 0) is 11.3 Å². The van der Waals surface area contributed by atoms with Crippen LogP contribution in [0.15, 0.2) is 47.3 Å². The SMILES string of the molecule is Cc1cc(C)cc(NC(=O)Cn2c(C)cc(=O)c3cccc(F)c32)c1. The number of hydrogen-bond acceptors (Lipinski definition) is 2. The maximum atomic E-state index is 14.3. The summed E-state index contributed by atoms with van der Waals surface area (Å²) in [7, 11) is 0. The minimum absolute atomic E-state index is 0.0729. The van der Waals surface area contributed by atoms with Gasteiger partial charge in [-0.2, -0.15) is 0 Å². The molecule has 0 aliphatic heterocycles. The standard InChI is InChI=1S/C20H19FN2O2/c1-12-7-13(2)9-15(8-12)22-19(25)11-23-14(3)10-18(24)16-5-4-6-17(21)20(16)23/h4-10H,11H2,1-3H3,(H,22,25). The third kappa shape index (κ3) is 3.45. The van der Waals surface area contributed by atoms with Gasteiger partial charge in [-0.15, -0.1) is 0 Å². The maximum absolute atomic E-state index is 14.3. The lowest BCUT2D eigenvalue weighted by Crippen LogP contribution is -2.23. The summed E-state index contributed by atoms with van der Waals surface area (Å²) in [5.74, 6) is -0.793. The number of aromatic nitrogens is 1. The fourth-order valence-corrected chi connectivity index (χ4v) is 3.10. The van der Waals surface area contributed by atoms with Gasteiger partial charge < -0.3 is 9.88 Å². The van der Waals surface area contributed by atoms with Crippen molar-refractivity contribution in [1.29, 1.82) is 0 Å². The van der Waals surface area contributed by atoms with Crippen LogP contribution < -0.4 is 10.7 Å². The van der Waals surface area contributed by atoms with Crippen molar-refractivity contribution in [2.75, 3.05) is 5.32 Å². The Balaban J connectivity index is 1.97. The molecule has 0 bridgehead atoms. The zero-order valence-corrected chi connectivity index (χ0v) is 14.4. The van der Waals surface area contributed by atoms with Crippen LogP contribution in [0.4, 0.5) is 10.1 Å². The first-order chi connectivity index (χ1) is 11.8. The zero-order chi connectivity index (χ0) is 18.1. The van der Waals surface area contributed by atoms with Gasteiger partial charge in [-0.05, 0) is 56.2 Å². The molecule has 3 aromatic rings. The molecule has 128 valence electrons. The molecule has 1 amide bonds. The Kier molecular flexibility index (Phi) is 4.40. The first-order valence-corrected chi connectivity index (χ1v) is 8.02. The minimum atomic E-state index is -0.516. The van der Waals surface area contributed by atoms with Crippen molar-refractivity contribution in [3.63, 3.8) is 0 Å². The molecule has 25 heavy (non-hydrogen) atoms. The van der Waals surface area contributed by atoms with Crippen LogP contribution in [0.5, 0.6) is 0 Å². The molecule has 1 heterocycles. The fourth-order valence-electron chi connectivity index (χ4n) is 3.10. The Bertz CT molecular complexity index is 1020. The van der Waals surface area contributed by atoms with Crippen molar-refractivity contribution in [3.05, 3.63) is 75.3 Å². The highest BCUT2D eigenvalue weighted by Crippen LogP contribution is 2.18. The highest BCUT2D eigenvalue weighted by Gasteiger charge is 2.13. The van der Waals surface area contributed by atoms with E-state index in [2.05, 4.69) is 5.32 Å². The molecule has 2 aromatic carbocycles. The van der Waals surface area contributed by atoms with Crippen LogP contribution >= 0.6 is 0 Å². The van der Waals surface area contributed by atoms with E-state index >= 15 is 0 Å². The topological polar surface area (TPSA) is 51.1 Å². The van der Waals surface area contributed by atoms with Gasteiger partial charge in [-0.25, -0.2) is 4.39 Å². The third-order valence-corrected chi connectivity index (χ3v) is 4.10. The van der Waals surface area contributed by atoms with Crippen molar-refractivity contribution in [1.82, 2.24) is 4.57 Å². The lowest BCUT2D eigenvalue weighted by Gasteiger charge is -2.15. The summed E-state index contributed by atoms with van der Waals surface area (Å²) >= 11 is 0. The monoisotopic (exact) mass is 338 g/mol. The molecule has 4 nitrogen and oxygen atoms in total. The van der Waals surface area contributed by atoms with Crippen molar-refractivity contribution in [2.45, 2.75) is 27.3 Å². The summed E-state index contributed by atoms with van der Waals surface area (Å²) < 4.78 is 15.8.